The minimum Gasteiger partial charge on any atom is -0.300 e. The van der Waals surface area contributed by atoms with E-state index in [1.54, 1.807) is 30.8 Å². The number of rotatable bonds is 3. The lowest BCUT2D eigenvalue weighted by Gasteiger charge is -2.36. The van der Waals surface area contributed by atoms with Gasteiger partial charge in [-0.1, -0.05) is 11.6 Å². The Bertz CT molecular complexity index is 567. The molecule has 0 saturated carbocycles. The molecule has 1 aromatic carbocycles. The van der Waals surface area contributed by atoms with Crippen LogP contribution in [0.2, 0.25) is 5.02 Å². The summed E-state index contributed by atoms with van der Waals surface area (Å²) in [5.41, 5.74) is 0.676. The normalized spacial score (nSPS) is 28.8. The molecule has 2 fully saturated rings. The van der Waals surface area contributed by atoms with Gasteiger partial charge in [0, 0.05) is 33.9 Å². The van der Waals surface area contributed by atoms with E-state index in [1.165, 1.54) is 25.7 Å². The fraction of sp³-hybridized carbons (Fsp3) is 0.600. The van der Waals surface area contributed by atoms with Gasteiger partial charge in [-0.3, -0.25) is 10.1 Å². The maximum absolute atomic E-state index is 10.9. The van der Waals surface area contributed by atoms with Crippen LogP contribution in [0.5, 0.6) is 0 Å². The first-order valence-electron chi connectivity index (χ1n) is 7.29. The summed E-state index contributed by atoms with van der Waals surface area (Å²) in [4.78, 5) is 14.1. The molecular formula is C15H19ClN2O2S. The van der Waals surface area contributed by atoms with Crippen molar-refractivity contribution in [1.29, 1.82) is 0 Å². The number of thioether (sulfide) groups is 1. The van der Waals surface area contributed by atoms with Crippen molar-refractivity contribution >= 4 is 29.1 Å². The maximum atomic E-state index is 10.9. The van der Waals surface area contributed by atoms with Gasteiger partial charge in [0.25, 0.3) is 5.69 Å². The first-order chi connectivity index (χ1) is 9.97. The molecule has 4 nitrogen and oxygen atoms in total. The highest BCUT2D eigenvalue weighted by Gasteiger charge is 2.38. The highest BCUT2D eigenvalue weighted by Crippen LogP contribution is 2.44. The third-order valence-corrected chi connectivity index (χ3v) is 6.78. The van der Waals surface area contributed by atoms with Crippen LogP contribution in [0.1, 0.15) is 31.2 Å². The summed E-state index contributed by atoms with van der Waals surface area (Å²) < 4.78 is 0. The van der Waals surface area contributed by atoms with Crippen LogP contribution in [0, 0.1) is 17.0 Å². The molecule has 2 aliphatic heterocycles. The van der Waals surface area contributed by atoms with Gasteiger partial charge in [-0.05, 0) is 45.7 Å². The summed E-state index contributed by atoms with van der Waals surface area (Å²) in [5.74, 6) is 0. The van der Waals surface area contributed by atoms with Gasteiger partial charge in [0.2, 0.25) is 0 Å². The molecule has 0 aliphatic carbocycles. The number of piperidine rings is 1. The first-order valence-corrected chi connectivity index (χ1v) is 8.55. The van der Waals surface area contributed by atoms with E-state index in [4.69, 9.17) is 11.6 Å². The molecule has 0 amide bonds. The predicted octanol–water partition coefficient (Wildman–Crippen LogP) is 4.27. The van der Waals surface area contributed by atoms with E-state index in [-0.39, 0.29) is 10.6 Å². The van der Waals surface area contributed by atoms with E-state index in [9.17, 15) is 10.1 Å². The van der Waals surface area contributed by atoms with Crippen LogP contribution < -0.4 is 0 Å². The second-order valence-corrected chi connectivity index (χ2v) is 7.76. The topological polar surface area (TPSA) is 46.4 Å². The average molecular weight is 327 g/mol. The van der Waals surface area contributed by atoms with Crippen molar-refractivity contribution in [2.24, 2.45) is 0 Å². The van der Waals surface area contributed by atoms with Gasteiger partial charge in [0.05, 0.1) is 9.95 Å². The van der Waals surface area contributed by atoms with E-state index in [0.717, 1.165) is 4.90 Å². The number of nitro benzene ring substituents is 1. The summed E-state index contributed by atoms with van der Waals surface area (Å²) in [5, 5.41) is 12.0. The Balaban J connectivity index is 1.77. The van der Waals surface area contributed by atoms with Crippen molar-refractivity contribution in [2.75, 3.05) is 7.05 Å². The van der Waals surface area contributed by atoms with Gasteiger partial charge >= 0.3 is 0 Å². The summed E-state index contributed by atoms with van der Waals surface area (Å²) in [6, 6.07) is 4.77. The molecule has 2 saturated heterocycles. The van der Waals surface area contributed by atoms with Crippen molar-refractivity contribution in [1.82, 2.24) is 4.90 Å². The Labute approximate surface area is 134 Å². The lowest BCUT2D eigenvalue weighted by atomic mass is 10.0. The maximum Gasteiger partial charge on any atom is 0.273 e. The Morgan fingerprint density at radius 1 is 1.33 bits per heavy atom. The lowest BCUT2D eigenvalue weighted by molar-refractivity contribution is -0.385. The Morgan fingerprint density at radius 3 is 2.52 bits per heavy atom. The number of hydrogen-bond donors (Lipinski definition) is 0. The molecule has 0 spiro atoms. The summed E-state index contributed by atoms with van der Waals surface area (Å²) in [6.07, 6.45) is 4.96. The zero-order valence-corrected chi connectivity index (χ0v) is 13.8. The second kappa shape index (κ2) is 5.78. The highest BCUT2D eigenvalue weighted by molar-refractivity contribution is 8.00. The largest absolute Gasteiger partial charge is 0.300 e. The van der Waals surface area contributed by atoms with E-state index in [2.05, 4.69) is 11.9 Å². The Hall–Kier alpha value is -0.780. The first kappa shape index (κ1) is 15.1. The number of fused-ring (bicyclic) bond motifs is 2. The Morgan fingerprint density at radius 2 is 1.95 bits per heavy atom. The van der Waals surface area contributed by atoms with Gasteiger partial charge in [-0.15, -0.1) is 11.8 Å². The van der Waals surface area contributed by atoms with Crippen LogP contribution in [-0.4, -0.2) is 34.2 Å². The molecule has 2 heterocycles. The van der Waals surface area contributed by atoms with Crippen molar-refractivity contribution < 1.29 is 4.92 Å². The zero-order chi connectivity index (χ0) is 15.1. The summed E-state index contributed by atoms with van der Waals surface area (Å²) in [7, 11) is 2.23. The molecule has 0 aromatic heterocycles. The van der Waals surface area contributed by atoms with Gasteiger partial charge in [0.15, 0.2) is 0 Å². The molecule has 0 N–H and O–H groups in total. The molecule has 6 heteroatoms. The molecule has 3 rings (SSSR count). The molecule has 0 radical (unpaired) electrons. The number of nitro groups is 1. The summed E-state index contributed by atoms with van der Waals surface area (Å²) >= 11 is 8.14. The van der Waals surface area contributed by atoms with Crippen molar-refractivity contribution in [2.45, 2.75) is 54.8 Å². The monoisotopic (exact) mass is 326 g/mol. The van der Waals surface area contributed by atoms with E-state index in [1.807, 2.05) is 0 Å². The van der Waals surface area contributed by atoms with Crippen LogP contribution in [0.3, 0.4) is 0 Å². The van der Waals surface area contributed by atoms with E-state index >= 15 is 0 Å². The molecular weight excluding hydrogens is 308 g/mol. The molecule has 21 heavy (non-hydrogen) atoms. The minimum absolute atomic E-state index is 0.104. The number of hydrogen-bond acceptors (Lipinski definition) is 4. The molecule has 2 unspecified atom stereocenters. The Kier molecular flexibility index (Phi) is 4.17. The average Bonchev–Trinajstić information content (AvgIpc) is 2.66. The van der Waals surface area contributed by atoms with Crippen molar-refractivity contribution in [3.05, 3.63) is 32.8 Å². The third kappa shape index (κ3) is 2.79. The van der Waals surface area contributed by atoms with Crippen LogP contribution in [-0.2, 0) is 0 Å². The van der Waals surface area contributed by atoms with E-state index in [0.29, 0.717) is 27.9 Å². The second-order valence-electron chi connectivity index (χ2n) is 6.04. The molecule has 1 aromatic rings. The van der Waals surface area contributed by atoms with Crippen LogP contribution in [0.25, 0.3) is 0 Å². The molecule has 2 aliphatic rings. The van der Waals surface area contributed by atoms with Crippen LogP contribution >= 0.6 is 23.4 Å². The van der Waals surface area contributed by atoms with Gasteiger partial charge < -0.3 is 4.90 Å². The zero-order valence-electron chi connectivity index (χ0n) is 12.2. The minimum atomic E-state index is -0.370. The summed E-state index contributed by atoms with van der Waals surface area (Å²) in [6.45, 7) is 1.73. The number of nitrogens with zero attached hydrogens (tertiary/aromatic N) is 2. The smallest absolute Gasteiger partial charge is 0.273 e. The molecule has 114 valence electrons. The number of halogens is 1. The van der Waals surface area contributed by atoms with Crippen LogP contribution in [0.4, 0.5) is 5.69 Å². The highest BCUT2D eigenvalue weighted by atomic mass is 35.5. The SMILES string of the molecule is Cc1c([N+](=O)[O-])ccc(SC2CC3CCC(C2)N3C)c1Cl. The fourth-order valence-corrected chi connectivity index (χ4v) is 5.27. The quantitative estimate of drug-likeness (QED) is 0.614. The molecule has 2 bridgehead atoms. The predicted molar refractivity (Wildman–Crippen MR) is 86.3 cm³/mol. The fourth-order valence-electron chi connectivity index (χ4n) is 3.58. The standard InChI is InChI=1S/C15H19ClN2O2S/c1-9-13(18(19)20)5-6-14(15(9)16)21-12-7-10-3-4-11(8-12)17(10)2/h5-6,10-12H,3-4,7-8H2,1-2H3. The van der Waals surface area contributed by atoms with Crippen molar-refractivity contribution in [3.8, 4) is 0 Å². The van der Waals surface area contributed by atoms with Gasteiger partial charge in [-0.25, -0.2) is 0 Å². The number of benzene rings is 1. The van der Waals surface area contributed by atoms with Gasteiger partial charge in [0.1, 0.15) is 0 Å². The van der Waals surface area contributed by atoms with Crippen molar-refractivity contribution in [3.63, 3.8) is 0 Å². The lowest BCUT2D eigenvalue weighted by Crippen LogP contribution is -2.40. The van der Waals surface area contributed by atoms with E-state index < -0.39 is 0 Å². The molecule has 2 atom stereocenters. The third-order valence-electron chi connectivity index (χ3n) is 4.87. The van der Waals surface area contributed by atoms with Crippen LogP contribution in [0.15, 0.2) is 17.0 Å². The van der Waals surface area contributed by atoms with Gasteiger partial charge in [-0.2, -0.15) is 0 Å².